The van der Waals surface area contributed by atoms with Gasteiger partial charge in [0.15, 0.2) is 11.5 Å². The van der Waals surface area contributed by atoms with Gasteiger partial charge in [-0.25, -0.2) is 0 Å². The first-order valence-corrected chi connectivity index (χ1v) is 8.77. The third kappa shape index (κ3) is 3.31. The Kier molecular flexibility index (Phi) is 5.19. The van der Waals surface area contributed by atoms with Gasteiger partial charge in [0.05, 0.1) is 30.3 Å². The highest BCUT2D eigenvalue weighted by atomic mass is 35.5. The van der Waals surface area contributed by atoms with Crippen LogP contribution in [-0.4, -0.2) is 20.1 Å². The van der Waals surface area contributed by atoms with Crippen molar-refractivity contribution in [3.05, 3.63) is 53.1 Å². The lowest BCUT2D eigenvalue weighted by Crippen LogP contribution is -2.38. The molecule has 0 unspecified atom stereocenters. The van der Waals surface area contributed by atoms with Crippen molar-refractivity contribution in [1.82, 2.24) is 0 Å². The molecule has 1 N–H and O–H groups in total. The number of rotatable bonds is 5. The van der Waals surface area contributed by atoms with E-state index >= 15 is 0 Å². The summed E-state index contributed by atoms with van der Waals surface area (Å²) in [5.74, 6) is 1.27. The van der Waals surface area contributed by atoms with Crippen molar-refractivity contribution in [3.8, 4) is 11.5 Å². The summed E-state index contributed by atoms with van der Waals surface area (Å²) in [6.45, 7) is 0. The normalized spacial score (nSPS) is 15.6. The SMILES string of the molecule is COc1ccc(C2(C(=O)Nc3ccccc3Cl)CCCC2)cc1OC. The van der Waals surface area contributed by atoms with E-state index in [1.807, 2.05) is 36.4 Å². The van der Waals surface area contributed by atoms with Crippen LogP contribution >= 0.6 is 11.6 Å². The highest BCUT2D eigenvalue weighted by Crippen LogP contribution is 2.44. The number of anilines is 1. The Morgan fingerprint density at radius 2 is 1.72 bits per heavy atom. The van der Waals surface area contributed by atoms with Crippen molar-refractivity contribution >= 4 is 23.2 Å². The van der Waals surface area contributed by atoms with Gasteiger partial charge in [-0.1, -0.05) is 42.6 Å². The van der Waals surface area contributed by atoms with E-state index in [2.05, 4.69) is 5.32 Å². The summed E-state index contributed by atoms with van der Waals surface area (Å²) in [7, 11) is 3.21. The van der Waals surface area contributed by atoms with Crippen molar-refractivity contribution in [2.45, 2.75) is 31.1 Å². The van der Waals surface area contributed by atoms with E-state index in [1.165, 1.54) is 0 Å². The van der Waals surface area contributed by atoms with Crippen LogP contribution in [0.4, 0.5) is 5.69 Å². The number of hydrogen-bond acceptors (Lipinski definition) is 3. The average molecular weight is 360 g/mol. The second kappa shape index (κ2) is 7.36. The van der Waals surface area contributed by atoms with E-state index in [9.17, 15) is 4.79 Å². The van der Waals surface area contributed by atoms with Crippen LogP contribution in [0.2, 0.25) is 5.02 Å². The Balaban J connectivity index is 1.97. The van der Waals surface area contributed by atoms with E-state index in [0.717, 1.165) is 31.2 Å². The first-order valence-electron chi connectivity index (χ1n) is 8.39. The third-order valence-corrected chi connectivity index (χ3v) is 5.28. The highest BCUT2D eigenvalue weighted by molar-refractivity contribution is 6.33. The smallest absolute Gasteiger partial charge is 0.235 e. The average Bonchev–Trinajstić information content (AvgIpc) is 3.14. The van der Waals surface area contributed by atoms with Crippen molar-refractivity contribution in [2.24, 2.45) is 0 Å². The molecule has 0 bridgehead atoms. The standard InChI is InChI=1S/C20H22ClNO3/c1-24-17-10-9-14(13-18(17)25-2)20(11-5-6-12-20)19(23)22-16-8-4-3-7-15(16)21/h3-4,7-10,13H,5-6,11-12H2,1-2H3,(H,22,23). The third-order valence-electron chi connectivity index (χ3n) is 4.95. The second-order valence-electron chi connectivity index (χ2n) is 6.29. The molecule has 2 aromatic carbocycles. The molecule has 5 heteroatoms. The molecule has 2 aromatic rings. The van der Waals surface area contributed by atoms with Crippen LogP contribution in [0.3, 0.4) is 0 Å². The van der Waals surface area contributed by atoms with Crippen LogP contribution in [0.15, 0.2) is 42.5 Å². The number of halogens is 1. The lowest BCUT2D eigenvalue weighted by atomic mass is 9.77. The maximum atomic E-state index is 13.2. The molecule has 1 fully saturated rings. The lowest BCUT2D eigenvalue weighted by Gasteiger charge is -2.29. The van der Waals surface area contributed by atoms with Crippen LogP contribution < -0.4 is 14.8 Å². The summed E-state index contributed by atoms with van der Waals surface area (Å²) in [6, 6.07) is 13.0. The lowest BCUT2D eigenvalue weighted by molar-refractivity contribution is -0.121. The van der Waals surface area contributed by atoms with Crippen molar-refractivity contribution in [2.75, 3.05) is 19.5 Å². The summed E-state index contributed by atoms with van der Waals surface area (Å²) >= 11 is 6.20. The molecule has 25 heavy (non-hydrogen) atoms. The minimum absolute atomic E-state index is 0.0229. The summed E-state index contributed by atoms with van der Waals surface area (Å²) in [5.41, 5.74) is 1.02. The van der Waals surface area contributed by atoms with Gasteiger partial charge in [0.1, 0.15) is 0 Å². The number of methoxy groups -OCH3 is 2. The molecule has 132 valence electrons. The number of ether oxygens (including phenoxy) is 2. The van der Waals surface area contributed by atoms with Crippen molar-refractivity contribution in [1.29, 1.82) is 0 Å². The number of carbonyl (C=O) groups excluding carboxylic acids is 1. The minimum atomic E-state index is -0.571. The predicted molar refractivity (Wildman–Crippen MR) is 99.8 cm³/mol. The molecule has 4 nitrogen and oxygen atoms in total. The summed E-state index contributed by atoms with van der Waals surface area (Å²) in [4.78, 5) is 13.2. The van der Waals surface area contributed by atoms with Crippen LogP contribution in [0, 0.1) is 0 Å². The molecule has 0 saturated heterocycles. The summed E-state index contributed by atoms with van der Waals surface area (Å²) in [6.07, 6.45) is 3.64. The molecule has 1 aliphatic carbocycles. The first kappa shape index (κ1) is 17.6. The molecular weight excluding hydrogens is 338 g/mol. The van der Waals surface area contributed by atoms with Gasteiger partial charge in [0.2, 0.25) is 5.91 Å². The van der Waals surface area contributed by atoms with E-state index in [-0.39, 0.29) is 5.91 Å². The molecular formula is C20H22ClNO3. The minimum Gasteiger partial charge on any atom is -0.493 e. The number of amides is 1. The molecule has 0 heterocycles. The Labute approximate surface area is 153 Å². The molecule has 0 atom stereocenters. The molecule has 0 aliphatic heterocycles. The summed E-state index contributed by atoms with van der Waals surface area (Å²) < 4.78 is 10.7. The number of para-hydroxylation sites is 1. The molecule has 1 aliphatic rings. The van der Waals surface area contributed by atoms with Crippen LogP contribution in [-0.2, 0) is 10.2 Å². The fourth-order valence-electron chi connectivity index (χ4n) is 3.56. The Morgan fingerprint density at radius 1 is 1.04 bits per heavy atom. The quantitative estimate of drug-likeness (QED) is 0.833. The highest BCUT2D eigenvalue weighted by Gasteiger charge is 2.43. The topological polar surface area (TPSA) is 47.6 Å². The molecule has 1 amide bonds. The molecule has 0 radical (unpaired) electrons. The number of carbonyl (C=O) groups is 1. The molecule has 3 rings (SSSR count). The van der Waals surface area contributed by atoms with Gasteiger partial charge in [0.25, 0.3) is 0 Å². The monoisotopic (exact) mass is 359 g/mol. The van der Waals surface area contributed by atoms with E-state index in [4.69, 9.17) is 21.1 Å². The first-order chi connectivity index (χ1) is 12.1. The van der Waals surface area contributed by atoms with E-state index in [1.54, 1.807) is 20.3 Å². The van der Waals surface area contributed by atoms with Gasteiger partial charge in [-0.15, -0.1) is 0 Å². The van der Waals surface area contributed by atoms with Gasteiger partial charge in [-0.2, -0.15) is 0 Å². The van der Waals surface area contributed by atoms with Gasteiger partial charge < -0.3 is 14.8 Å². The van der Waals surface area contributed by atoms with Crippen molar-refractivity contribution < 1.29 is 14.3 Å². The van der Waals surface area contributed by atoms with Gasteiger partial charge in [-0.3, -0.25) is 4.79 Å². The van der Waals surface area contributed by atoms with Gasteiger partial charge in [0, 0.05) is 0 Å². The maximum absolute atomic E-state index is 13.2. The van der Waals surface area contributed by atoms with Crippen LogP contribution in [0.1, 0.15) is 31.2 Å². The largest absolute Gasteiger partial charge is 0.493 e. The molecule has 0 spiro atoms. The fraction of sp³-hybridized carbons (Fsp3) is 0.350. The zero-order valence-corrected chi connectivity index (χ0v) is 15.2. The van der Waals surface area contributed by atoms with Crippen LogP contribution in [0.25, 0.3) is 0 Å². The number of nitrogens with one attached hydrogen (secondary N) is 1. The Morgan fingerprint density at radius 3 is 2.36 bits per heavy atom. The molecule has 1 saturated carbocycles. The zero-order valence-electron chi connectivity index (χ0n) is 14.5. The number of hydrogen-bond donors (Lipinski definition) is 1. The van der Waals surface area contributed by atoms with Gasteiger partial charge in [-0.05, 0) is 42.7 Å². The van der Waals surface area contributed by atoms with Crippen LogP contribution in [0.5, 0.6) is 11.5 Å². The van der Waals surface area contributed by atoms with E-state index in [0.29, 0.717) is 22.2 Å². The van der Waals surface area contributed by atoms with E-state index < -0.39 is 5.41 Å². The Hall–Kier alpha value is -2.20. The molecule has 0 aromatic heterocycles. The van der Waals surface area contributed by atoms with Gasteiger partial charge >= 0.3 is 0 Å². The maximum Gasteiger partial charge on any atom is 0.235 e. The fourth-order valence-corrected chi connectivity index (χ4v) is 3.75. The summed E-state index contributed by atoms with van der Waals surface area (Å²) in [5, 5.41) is 3.55. The number of benzene rings is 2. The zero-order chi connectivity index (χ0) is 17.9. The second-order valence-corrected chi connectivity index (χ2v) is 6.70. The Bertz CT molecular complexity index is 769. The predicted octanol–water partition coefficient (Wildman–Crippen LogP) is 4.81. The van der Waals surface area contributed by atoms with Crippen molar-refractivity contribution in [3.63, 3.8) is 0 Å².